The van der Waals surface area contributed by atoms with Gasteiger partial charge in [0.1, 0.15) is 0 Å². The molecule has 1 heterocycles. The highest BCUT2D eigenvalue weighted by molar-refractivity contribution is 7.99. The van der Waals surface area contributed by atoms with Crippen LogP contribution in [0.1, 0.15) is 56.3 Å². The van der Waals surface area contributed by atoms with Crippen LogP contribution in [0.2, 0.25) is 0 Å². The minimum absolute atomic E-state index is 0.0369. The van der Waals surface area contributed by atoms with E-state index in [4.69, 9.17) is 4.42 Å². The largest absolute Gasteiger partial charge is 0.411 e. The molecule has 0 aliphatic rings. The van der Waals surface area contributed by atoms with E-state index in [1.54, 1.807) is 0 Å². The number of hydrogen-bond donors (Lipinski definition) is 1. The number of aromatic nitrogens is 2. The molecule has 1 aromatic heterocycles. The van der Waals surface area contributed by atoms with E-state index in [1.807, 2.05) is 31.2 Å². The van der Waals surface area contributed by atoms with Crippen LogP contribution >= 0.6 is 11.8 Å². The Kier molecular flexibility index (Phi) is 7.32. The van der Waals surface area contributed by atoms with Crippen molar-refractivity contribution >= 4 is 17.7 Å². The molecule has 0 saturated carbocycles. The fourth-order valence-electron chi connectivity index (χ4n) is 3.15. The summed E-state index contributed by atoms with van der Waals surface area (Å²) < 4.78 is 5.69. The van der Waals surface area contributed by atoms with Gasteiger partial charge in [0.2, 0.25) is 11.8 Å². The molecule has 0 bridgehead atoms. The summed E-state index contributed by atoms with van der Waals surface area (Å²) in [6.07, 6.45) is 0. The van der Waals surface area contributed by atoms with Crippen LogP contribution in [-0.4, -0.2) is 21.9 Å². The van der Waals surface area contributed by atoms with Gasteiger partial charge in [0.25, 0.3) is 5.22 Å². The Morgan fingerprint density at radius 3 is 2.20 bits per heavy atom. The van der Waals surface area contributed by atoms with Crippen molar-refractivity contribution in [2.24, 2.45) is 5.92 Å². The second-order valence-electron chi connectivity index (χ2n) is 8.14. The number of rotatable bonds is 8. The van der Waals surface area contributed by atoms with Gasteiger partial charge in [-0.2, -0.15) is 0 Å². The summed E-state index contributed by atoms with van der Waals surface area (Å²) in [6.45, 7) is 10.6. The van der Waals surface area contributed by atoms with Gasteiger partial charge in [-0.25, -0.2) is 0 Å². The summed E-state index contributed by atoms with van der Waals surface area (Å²) >= 11 is 1.25. The van der Waals surface area contributed by atoms with Crippen molar-refractivity contribution in [2.45, 2.75) is 51.8 Å². The fourth-order valence-corrected chi connectivity index (χ4v) is 3.72. The number of carbonyl (C=O) groups is 1. The third-order valence-corrected chi connectivity index (χ3v) is 5.80. The van der Waals surface area contributed by atoms with Crippen LogP contribution in [0, 0.1) is 12.8 Å². The summed E-state index contributed by atoms with van der Waals surface area (Å²) in [5.41, 5.74) is 4.45. The number of aryl methyl sites for hydroxylation is 1. The Bertz CT molecular complexity index is 963. The van der Waals surface area contributed by atoms with Crippen molar-refractivity contribution in [2.75, 3.05) is 5.75 Å². The zero-order valence-electron chi connectivity index (χ0n) is 18.2. The molecule has 5 nitrogen and oxygen atoms in total. The predicted octanol–water partition coefficient (Wildman–Crippen LogP) is 5.77. The van der Waals surface area contributed by atoms with Gasteiger partial charge in [0.05, 0.1) is 11.8 Å². The minimum Gasteiger partial charge on any atom is -0.411 e. The first-order valence-corrected chi connectivity index (χ1v) is 11.2. The van der Waals surface area contributed by atoms with Crippen LogP contribution in [0.15, 0.2) is 58.2 Å². The summed E-state index contributed by atoms with van der Waals surface area (Å²) in [5, 5.41) is 11.7. The minimum atomic E-state index is -0.0540. The second-order valence-corrected chi connectivity index (χ2v) is 9.06. The smallest absolute Gasteiger partial charge is 0.277 e. The number of thioether (sulfide) groups is 1. The van der Waals surface area contributed by atoms with Crippen molar-refractivity contribution in [3.8, 4) is 11.5 Å². The van der Waals surface area contributed by atoms with E-state index in [2.05, 4.69) is 67.5 Å². The Hall–Kier alpha value is -2.60. The van der Waals surface area contributed by atoms with Gasteiger partial charge >= 0.3 is 0 Å². The Morgan fingerprint density at radius 2 is 1.60 bits per heavy atom. The lowest BCUT2D eigenvalue weighted by atomic mass is 9.93. The number of nitrogens with zero attached hydrogens (tertiary/aromatic N) is 2. The molecule has 3 aromatic rings. The van der Waals surface area contributed by atoms with Crippen LogP contribution in [-0.2, 0) is 4.79 Å². The molecule has 0 unspecified atom stereocenters. The van der Waals surface area contributed by atoms with E-state index in [-0.39, 0.29) is 23.6 Å². The normalized spacial score (nSPS) is 12.4. The van der Waals surface area contributed by atoms with Crippen LogP contribution in [0.5, 0.6) is 0 Å². The molecule has 0 radical (unpaired) electrons. The van der Waals surface area contributed by atoms with Gasteiger partial charge in [-0.3, -0.25) is 4.79 Å². The quantitative estimate of drug-likeness (QED) is 0.466. The molecular formula is C24H29N3O2S. The molecule has 2 aromatic carbocycles. The Morgan fingerprint density at radius 1 is 0.967 bits per heavy atom. The third-order valence-electron chi connectivity index (χ3n) is 4.98. The van der Waals surface area contributed by atoms with E-state index in [0.29, 0.717) is 17.0 Å². The molecular weight excluding hydrogens is 394 g/mol. The molecule has 6 heteroatoms. The van der Waals surface area contributed by atoms with Gasteiger partial charge in [-0.15, -0.1) is 10.2 Å². The molecule has 1 atom stereocenters. The SMILES string of the molecule is Cc1ccc(-c2nnc(SCC(=O)N[C@@H](c3ccc(C(C)C)cc3)C(C)C)o2)cc1. The summed E-state index contributed by atoms with van der Waals surface area (Å²) in [6, 6.07) is 16.4. The van der Waals surface area contributed by atoms with Crippen molar-refractivity contribution in [1.82, 2.24) is 15.5 Å². The van der Waals surface area contributed by atoms with Crippen LogP contribution in [0.25, 0.3) is 11.5 Å². The van der Waals surface area contributed by atoms with E-state index in [0.717, 1.165) is 11.1 Å². The van der Waals surface area contributed by atoms with E-state index >= 15 is 0 Å². The van der Waals surface area contributed by atoms with Gasteiger partial charge < -0.3 is 9.73 Å². The van der Waals surface area contributed by atoms with E-state index < -0.39 is 0 Å². The van der Waals surface area contributed by atoms with Crippen LogP contribution in [0.4, 0.5) is 0 Å². The Balaban J connectivity index is 1.59. The fraction of sp³-hybridized carbons (Fsp3) is 0.375. The first-order valence-electron chi connectivity index (χ1n) is 10.3. The van der Waals surface area contributed by atoms with Crippen molar-refractivity contribution in [1.29, 1.82) is 0 Å². The lowest BCUT2D eigenvalue weighted by Gasteiger charge is -2.23. The molecule has 1 amide bonds. The number of nitrogens with one attached hydrogen (secondary N) is 1. The number of benzene rings is 2. The van der Waals surface area contributed by atoms with Gasteiger partial charge in [0, 0.05) is 5.56 Å². The monoisotopic (exact) mass is 423 g/mol. The Labute approximate surface area is 182 Å². The molecule has 1 N–H and O–H groups in total. The second kappa shape index (κ2) is 9.94. The standard InChI is InChI=1S/C24H29N3O2S/c1-15(2)18-10-12-19(13-11-18)22(16(3)4)25-21(28)14-30-24-27-26-23(29-24)20-8-6-17(5)7-9-20/h6-13,15-16,22H,14H2,1-5H3,(H,25,28)/t22-/m1/s1. The number of hydrogen-bond acceptors (Lipinski definition) is 5. The van der Waals surface area contributed by atoms with Crippen molar-refractivity contribution < 1.29 is 9.21 Å². The highest BCUT2D eigenvalue weighted by Crippen LogP contribution is 2.26. The highest BCUT2D eigenvalue weighted by atomic mass is 32.2. The molecule has 0 saturated heterocycles. The molecule has 0 fully saturated rings. The first kappa shape index (κ1) is 22.1. The van der Waals surface area contributed by atoms with E-state index in [1.165, 1.54) is 22.9 Å². The zero-order valence-corrected chi connectivity index (χ0v) is 19.0. The summed E-state index contributed by atoms with van der Waals surface area (Å²) in [7, 11) is 0. The topological polar surface area (TPSA) is 68.0 Å². The lowest BCUT2D eigenvalue weighted by Crippen LogP contribution is -2.33. The average Bonchev–Trinajstić information content (AvgIpc) is 3.20. The number of amides is 1. The maximum absolute atomic E-state index is 12.6. The highest BCUT2D eigenvalue weighted by Gasteiger charge is 2.19. The molecule has 0 aliphatic heterocycles. The maximum Gasteiger partial charge on any atom is 0.277 e. The van der Waals surface area contributed by atoms with Gasteiger partial charge in [0.15, 0.2) is 0 Å². The third kappa shape index (κ3) is 5.72. The molecule has 3 rings (SSSR count). The first-order chi connectivity index (χ1) is 14.3. The molecule has 30 heavy (non-hydrogen) atoms. The maximum atomic E-state index is 12.6. The molecule has 0 spiro atoms. The summed E-state index contributed by atoms with van der Waals surface area (Å²) in [5.74, 6) is 1.40. The summed E-state index contributed by atoms with van der Waals surface area (Å²) in [4.78, 5) is 12.6. The van der Waals surface area contributed by atoms with Crippen LogP contribution < -0.4 is 5.32 Å². The molecule has 158 valence electrons. The zero-order chi connectivity index (χ0) is 21.7. The average molecular weight is 424 g/mol. The van der Waals surface area contributed by atoms with Crippen molar-refractivity contribution in [3.05, 3.63) is 65.2 Å². The van der Waals surface area contributed by atoms with Crippen molar-refractivity contribution in [3.63, 3.8) is 0 Å². The van der Waals surface area contributed by atoms with Gasteiger partial charge in [-0.05, 0) is 42.0 Å². The van der Waals surface area contributed by atoms with Gasteiger partial charge in [-0.1, -0.05) is 81.4 Å². The lowest BCUT2D eigenvalue weighted by molar-refractivity contribution is -0.119. The van der Waals surface area contributed by atoms with Crippen LogP contribution in [0.3, 0.4) is 0 Å². The molecule has 0 aliphatic carbocycles. The number of carbonyl (C=O) groups excluding carboxylic acids is 1. The van der Waals surface area contributed by atoms with E-state index in [9.17, 15) is 4.79 Å². The predicted molar refractivity (Wildman–Crippen MR) is 121 cm³/mol.